The molecule has 0 spiro atoms. The van der Waals surface area contributed by atoms with Crippen LogP contribution in [0.2, 0.25) is 0 Å². The van der Waals surface area contributed by atoms with Gasteiger partial charge in [-0.05, 0) is 18.8 Å². The highest BCUT2D eigenvalue weighted by molar-refractivity contribution is 5.85. The van der Waals surface area contributed by atoms with Crippen molar-refractivity contribution in [3.05, 3.63) is 12.0 Å². The second-order valence-corrected chi connectivity index (χ2v) is 4.00. The van der Waals surface area contributed by atoms with E-state index in [0.29, 0.717) is 18.0 Å². The summed E-state index contributed by atoms with van der Waals surface area (Å²) in [5, 5.41) is 11.8. The van der Waals surface area contributed by atoms with E-state index >= 15 is 0 Å². The number of hydrogen-bond donors (Lipinski definition) is 2. The van der Waals surface area contributed by atoms with Crippen LogP contribution in [0.5, 0.6) is 0 Å². The molecule has 15 heavy (non-hydrogen) atoms. The number of carboxylic acid groups (broad SMARTS) is 1. The van der Waals surface area contributed by atoms with E-state index in [4.69, 9.17) is 9.52 Å². The fourth-order valence-corrected chi connectivity index (χ4v) is 1.96. The summed E-state index contributed by atoms with van der Waals surface area (Å²) >= 11 is 0. The summed E-state index contributed by atoms with van der Waals surface area (Å²) in [5.41, 5.74) is -0.0526. The zero-order valence-electron chi connectivity index (χ0n) is 8.56. The minimum atomic E-state index is -1.06. The molecule has 2 unspecified atom stereocenters. The van der Waals surface area contributed by atoms with Gasteiger partial charge in [0.15, 0.2) is 5.69 Å². The average Bonchev–Trinajstić information content (AvgIpc) is 2.77. The molecule has 1 fully saturated rings. The zero-order chi connectivity index (χ0) is 10.8. The SMILES string of the molecule is CC1CCCC1Nc1nc(C(=O)O)co1. The molecular weight excluding hydrogens is 196 g/mol. The lowest BCUT2D eigenvalue weighted by molar-refractivity contribution is 0.0690. The van der Waals surface area contributed by atoms with Crippen LogP contribution < -0.4 is 5.32 Å². The maximum Gasteiger partial charge on any atom is 0.357 e. The summed E-state index contributed by atoms with van der Waals surface area (Å²) in [6.07, 6.45) is 4.64. The van der Waals surface area contributed by atoms with Crippen LogP contribution in [0.15, 0.2) is 10.7 Å². The summed E-state index contributed by atoms with van der Waals surface area (Å²) in [7, 11) is 0. The molecule has 5 heteroatoms. The van der Waals surface area contributed by atoms with Crippen molar-refractivity contribution in [3.8, 4) is 0 Å². The van der Waals surface area contributed by atoms with Crippen LogP contribution in [0.3, 0.4) is 0 Å². The van der Waals surface area contributed by atoms with Gasteiger partial charge in [0, 0.05) is 6.04 Å². The number of carboxylic acids is 1. The van der Waals surface area contributed by atoms with E-state index in [9.17, 15) is 4.79 Å². The number of anilines is 1. The quantitative estimate of drug-likeness (QED) is 0.797. The zero-order valence-corrected chi connectivity index (χ0v) is 8.56. The molecular formula is C10H14N2O3. The van der Waals surface area contributed by atoms with Crippen LogP contribution in [0.1, 0.15) is 36.7 Å². The van der Waals surface area contributed by atoms with Gasteiger partial charge in [-0.2, -0.15) is 4.98 Å². The van der Waals surface area contributed by atoms with Gasteiger partial charge in [0.2, 0.25) is 0 Å². The normalized spacial score (nSPS) is 25.4. The van der Waals surface area contributed by atoms with Crippen LogP contribution in [0.4, 0.5) is 6.01 Å². The van der Waals surface area contributed by atoms with Gasteiger partial charge in [-0.25, -0.2) is 4.79 Å². The Morgan fingerprint density at radius 3 is 3.00 bits per heavy atom. The van der Waals surface area contributed by atoms with E-state index in [0.717, 1.165) is 12.7 Å². The molecule has 1 heterocycles. The van der Waals surface area contributed by atoms with Crippen molar-refractivity contribution in [1.82, 2.24) is 4.98 Å². The monoisotopic (exact) mass is 210 g/mol. The van der Waals surface area contributed by atoms with Gasteiger partial charge in [-0.15, -0.1) is 0 Å². The predicted molar refractivity (Wildman–Crippen MR) is 53.9 cm³/mol. The molecule has 5 nitrogen and oxygen atoms in total. The third kappa shape index (κ3) is 2.11. The maximum absolute atomic E-state index is 10.6. The molecule has 1 aliphatic carbocycles. The Balaban J connectivity index is 2.01. The molecule has 2 atom stereocenters. The molecule has 0 radical (unpaired) electrons. The van der Waals surface area contributed by atoms with Crippen molar-refractivity contribution in [2.45, 2.75) is 32.2 Å². The number of rotatable bonds is 3. The second kappa shape index (κ2) is 3.92. The summed E-state index contributed by atoms with van der Waals surface area (Å²) in [6.45, 7) is 2.17. The molecule has 2 rings (SSSR count). The molecule has 0 amide bonds. The number of aromatic carboxylic acids is 1. The Labute approximate surface area is 87.5 Å². The minimum Gasteiger partial charge on any atom is -0.476 e. The number of carbonyl (C=O) groups is 1. The third-order valence-electron chi connectivity index (χ3n) is 2.89. The van der Waals surface area contributed by atoms with Crippen molar-refractivity contribution in [2.24, 2.45) is 5.92 Å². The Hall–Kier alpha value is -1.52. The highest BCUT2D eigenvalue weighted by Gasteiger charge is 2.24. The van der Waals surface area contributed by atoms with E-state index in [1.807, 2.05) is 0 Å². The molecule has 2 N–H and O–H groups in total. The number of hydrogen-bond acceptors (Lipinski definition) is 4. The first-order valence-electron chi connectivity index (χ1n) is 5.12. The van der Waals surface area contributed by atoms with Crippen molar-refractivity contribution in [1.29, 1.82) is 0 Å². The lowest BCUT2D eigenvalue weighted by Gasteiger charge is -2.14. The van der Waals surface area contributed by atoms with E-state index < -0.39 is 5.97 Å². The average molecular weight is 210 g/mol. The Morgan fingerprint density at radius 2 is 2.47 bits per heavy atom. The fourth-order valence-electron chi connectivity index (χ4n) is 1.96. The Morgan fingerprint density at radius 1 is 1.67 bits per heavy atom. The largest absolute Gasteiger partial charge is 0.476 e. The molecule has 82 valence electrons. The van der Waals surface area contributed by atoms with Crippen molar-refractivity contribution >= 4 is 12.0 Å². The van der Waals surface area contributed by atoms with Crippen LogP contribution in [-0.2, 0) is 0 Å². The molecule has 1 aromatic rings. The minimum absolute atomic E-state index is 0.0526. The Bertz CT molecular complexity index is 361. The Kier molecular flexibility index (Phi) is 2.62. The smallest absolute Gasteiger partial charge is 0.357 e. The molecule has 0 aliphatic heterocycles. The fraction of sp³-hybridized carbons (Fsp3) is 0.600. The van der Waals surface area contributed by atoms with Gasteiger partial charge in [-0.1, -0.05) is 13.3 Å². The summed E-state index contributed by atoms with van der Waals surface area (Å²) in [6, 6.07) is 0.663. The van der Waals surface area contributed by atoms with Crippen LogP contribution in [-0.4, -0.2) is 22.1 Å². The standard InChI is InChI=1S/C10H14N2O3/c1-6-3-2-4-7(6)11-10-12-8(5-15-10)9(13)14/h5-7H,2-4H2,1H3,(H,11,12)(H,13,14). The number of aromatic nitrogens is 1. The van der Waals surface area contributed by atoms with Gasteiger partial charge >= 0.3 is 5.97 Å². The second-order valence-electron chi connectivity index (χ2n) is 4.00. The van der Waals surface area contributed by atoms with Gasteiger partial charge in [0.25, 0.3) is 6.01 Å². The van der Waals surface area contributed by atoms with E-state index in [1.165, 1.54) is 12.8 Å². The van der Waals surface area contributed by atoms with Gasteiger partial charge in [0.1, 0.15) is 6.26 Å². The van der Waals surface area contributed by atoms with Gasteiger partial charge in [-0.3, -0.25) is 0 Å². The first-order chi connectivity index (χ1) is 7.16. The van der Waals surface area contributed by atoms with Crippen molar-refractivity contribution in [3.63, 3.8) is 0 Å². The van der Waals surface area contributed by atoms with Crippen molar-refractivity contribution < 1.29 is 14.3 Å². The maximum atomic E-state index is 10.6. The summed E-state index contributed by atoms with van der Waals surface area (Å²) in [4.78, 5) is 14.4. The number of nitrogens with zero attached hydrogens (tertiary/aromatic N) is 1. The summed E-state index contributed by atoms with van der Waals surface area (Å²) < 4.78 is 5.03. The molecule has 1 aromatic heterocycles. The van der Waals surface area contributed by atoms with Crippen LogP contribution >= 0.6 is 0 Å². The van der Waals surface area contributed by atoms with E-state index in [-0.39, 0.29) is 5.69 Å². The predicted octanol–water partition coefficient (Wildman–Crippen LogP) is 1.97. The molecule has 0 bridgehead atoms. The van der Waals surface area contributed by atoms with Gasteiger partial charge in [0.05, 0.1) is 0 Å². The third-order valence-corrected chi connectivity index (χ3v) is 2.89. The lowest BCUT2D eigenvalue weighted by atomic mass is 10.1. The van der Waals surface area contributed by atoms with Crippen LogP contribution in [0, 0.1) is 5.92 Å². The first kappa shape index (κ1) is 10.0. The lowest BCUT2D eigenvalue weighted by Crippen LogP contribution is -2.21. The first-order valence-corrected chi connectivity index (χ1v) is 5.12. The summed E-state index contributed by atoms with van der Waals surface area (Å²) in [5.74, 6) is -0.476. The van der Waals surface area contributed by atoms with Crippen LogP contribution in [0.25, 0.3) is 0 Å². The molecule has 0 aromatic carbocycles. The van der Waals surface area contributed by atoms with E-state index in [2.05, 4.69) is 17.2 Å². The molecule has 0 saturated heterocycles. The van der Waals surface area contributed by atoms with Crippen molar-refractivity contribution in [2.75, 3.05) is 5.32 Å². The van der Waals surface area contributed by atoms with E-state index in [1.54, 1.807) is 0 Å². The molecule has 1 saturated carbocycles. The topological polar surface area (TPSA) is 75.4 Å². The number of oxazole rings is 1. The number of nitrogens with one attached hydrogen (secondary N) is 1. The molecule has 1 aliphatic rings. The van der Waals surface area contributed by atoms with Gasteiger partial charge < -0.3 is 14.8 Å². The highest BCUT2D eigenvalue weighted by atomic mass is 16.4. The highest BCUT2D eigenvalue weighted by Crippen LogP contribution is 2.27.